The van der Waals surface area contributed by atoms with E-state index in [0.29, 0.717) is 50.3 Å². The van der Waals surface area contributed by atoms with E-state index in [-0.39, 0.29) is 17.9 Å². The number of hydrogen-bond acceptors (Lipinski definition) is 5. The Morgan fingerprint density at radius 3 is 2.50 bits per heavy atom. The van der Waals surface area contributed by atoms with Crippen molar-refractivity contribution in [2.24, 2.45) is 7.05 Å². The standard InChI is InChI=1S/C27H35N5O4/c1-7-32-26(34)31-15-19-13-20(35-5)14-22(36-6)24(19)17(2)12-23(31)27(32)8-10-30(11-9-27)25(33)21-16-29(4)28-18(21)3/h12-14,16-17H,7-11,15H2,1-6H3/t17-/m0/s1. The summed E-state index contributed by atoms with van der Waals surface area (Å²) < 4.78 is 12.9. The van der Waals surface area contributed by atoms with Gasteiger partial charge in [-0.1, -0.05) is 13.0 Å². The second-order valence-electron chi connectivity index (χ2n) is 9.98. The molecule has 0 radical (unpaired) electrons. The van der Waals surface area contributed by atoms with Gasteiger partial charge in [0, 0.05) is 56.1 Å². The van der Waals surface area contributed by atoms with Gasteiger partial charge in [-0.15, -0.1) is 0 Å². The van der Waals surface area contributed by atoms with Crippen molar-refractivity contribution in [3.63, 3.8) is 0 Å². The molecule has 4 heterocycles. The number of ether oxygens (including phenoxy) is 2. The zero-order valence-electron chi connectivity index (χ0n) is 22.0. The number of aromatic nitrogens is 2. The Morgan fingerprint density at radius 1 is 1.19 bits per heavy atom. The fourth-order valence-electron chi connectivity index (χ4n) is 6.32. The molecule has 0 N–H and O–H groups in total. The van der Waals surface area contributed by atoms with E-state index in [2.05, 4.69) is 18.1 Å². The van der Waals surface area contributed by atoms with Crippen molar-refractivity contribution in [1.29, 1.82) is 0 Å². The summed E-state index contributed by atoms with van der Waals surface area (Å²) in [6.07, 6.45) is 5.42. The van der Waals surface area contributed by atoms with E-state index in [1.165, 1.54) is 0 Å². The minimum absolute atomic E-state index is 0.00660. The zero-order valence-corrected chi connectivity index (χ0v) is 22.0. The molecule has 0 bridgehead atoms. The van der Waals surface area contributed by atoms with E-state index in [4.69, 9.17) is 9.47 Å². The van der Waals surface area contributed by atoms with Gasteiger partial charge >= 0.3 is 6.03 Å². The lowest BCUT2D eigenvalue weighted by molar-refractivity contribution is 0.0575. The van der Waals surface area contributed by atoms with Gasteiger partial charge in [0.25, 0.3) is 5.91 Å². The molecule has 2 aromatic rings. The number of methoxy groups -OCH3 is 2. The first-order valence-corrected chi connectivity index (χ1v) is 12.6. The van der Waals surface area contributed by atoms with E-state index in [1.807, 2.05) is 47.7 Å². The van der Waals surface area contributed by atoms with Crippen molar-refractivity contribution in [3.05, 3.63) is 52.5 Å². The van der Waals surface area contributed by atoms with Gasteiger partial charge in [-0.2, -0.15) is 5.10 Å². The molecule has 192 valence electrons. The number of hydrogen-bond donors (Lipinski definition) is 0. The number of likely N-dealkylation sites (N-methyl/N-ethyl adjacent to an activating group) is 1. The maximum atomic E-state index is 13.8. The Bertz CT molecular complexity index is 1240. The van der Waals surface area contributed by atoms with Gasteiger partial charge in [-0.3, -0.25) is 14.4 Å². The molecule has 3 aliphatic heterocycles. The molecule has 36 heavy (non-hydrogen) atoms. The van der Waals surface area contributed by atoms with Crippen molar-refractivity contribution in [1.82, 2.24) is 24.5 Å². The van der Waals surface area contributed by atoms with E-state index < -0.39 is 5.54 Å². The van der Waals surface area contributed by atoms with Crippen LogP contribution >= 0.6 is 0 Å². The summed E-state index contributed by atoms with van der Waals surface area (Å²) in [7, 11) is 5.14. The molecule has 1 spiro atoms. The fourth-order valence-corrected chi connectivity index (χ4v) is 6.32. The quantitative estimate of drug-likeness (QED) is 0.649. The molecule has 0 saturated carbocycles. The normalized spacial score (nSPS) is 20.7. The van der Waals surface area contributed by atoms with Crippen LogP contribution in [-0.2, 0) is 13.6 Å². The van der Waals surface area contributed by atoms with Crippen molar-refractivity contribution in [2.75, 3.05) is 33.9 Å². The van der Waals surface area contributed by atoms with Gasteiger partial charge in [0.2, 0.25) is 0 Å². The summed E-state index contributed by atoms with van der Waals surface area (Å²) >= 11 is 0. The highest BCUT2D eigenvalue weighted by Gasteiger charge is 2.55. The highest BCUT2D eigenvalue weighted by molar-refractivity contribution is 5.95. The number of urea groups is 1. The van der Waals surface area contributed by atoms with E-state index in [9.17, 15) is 9.59 Å². The number of rotatable bonds is 4. The minimum atomic E-state index is -0.430. The van der Waals surface area contributed by atoms with E-state index in [0.717, 1.165) is 28.3 Å². The second kappa shape index (κ2) is 8.87. The van der Waals surface area contributed by atoms with Crippen molar-refractivity contribution >= 4 is 11.9 Å². The molecule has 1 aromatic carbocycles. The Hall–Kier alpha value is -3.49. The lowest BCUT2D eigenvalue weighted by Gasteiger charge is -2.44. The molecule has 2 saturated heterocycles. The van der Waals surface area contributed by atoms with Gasteiger partial charge in [0.15, 0.2) is 0 Å². The third kappa shape index (κ3) is 3.55. The predicted octanol–water partition coefficient (Wildman–Crippen LogP) is 3.68. The molecule has 2 fully saturated rings. The SMILES string of the molecule is CCN1C(=O)N2Cc3cc(OC)cc(OC)c3[C@@H](C)C=C2C12CCN(C(=O)c1cn(C)nc1C)CC2. The summed E-state index contributed by atoms with van der Waals surface area (Å²) in [5, 5.41) is 4.33. The van der Waals surface area contributed by atoms with Crippen LogP contribution in [-0.4, -0.2) is 75.8 Å². The summed E-state index contributed by atoms with van der Waals surface area (Å²) in [4.78, 5) is 32.9. The number of benzene rings is 1. The van der Waals surface area contributed by atoms with E-state index in [1.54, 1.807) is 25.1 Å². The minimum Gasteiger partial charge on any atom is -0.497 e. The summed E-state index contributed by atoms with van der Waals surface area (Å²) in [5.74, 6) is 1.55. The van der Waals surface area contributed by atoms with Crippen molar-refractivity contribution in [3.8, 4) is 11.5 Å². The number of aryl methyl sites for hydroxylation is 2. The largest absolute Gasteiger partial charge is 0.497 e. The van der Waals surface area contributed by atoms with Gasteiger partial charge in [-0.25, -0.2) is 4.79 Å². The van der Waals surface area contributed by atoms with Crippen LogP contribution in [0.1, 0.15) is 59.8 Å². The number of piperidine rings is 1. The van der Waals surface area contributed by atoms with Gasteiger partial charge in [-0.05, 0) is 38.3 Å². The van der Waals surface area contributed by atoms with Crippen LogP contribution in [0.3, 0.4) is 0 Å². The number of nitrogens with zero attached hydrogens (tertiary/aromatic N) is 5. The van der Waals surface area contributed by atoms with Crippen molar-refractivity contribution in [2.45, 2.75) is 51.6 Å². The average Bonchev–Trinajstić information content (AvgIpc) is 3.24. The van der Waals surface area contributed by atoms with Crippen LogP contribution in [0.25, 0.3) is 0 Å². The number of carbonyl (C=O) groups excluding carboxylic acids is 2. The van der Waals surface area contributed by atoms with Crippen molar-refractivity contribution < 1.29 is 19.1 Å². The smallest absolute Gasteiger partial charge is 0.325 e. The number of likely N-dealkylation sites (tertiary alicyclic amines) is 1. The van der Waals surface area contributed by atoms with Crippen LogP contribution in [0.5, 0.6) is 11.5 Å². The zero-order chi connectivity index (χ0) is 25.8. The van der Waals surface area contributed by atoms with Crippen LogP contribution in [0, 0.1) is 6.92 Å². The Morgan fingerprint density at radius 2 is 1.92 bits per heavy atom. The van der Waals surface area contributed by atoms with Crippen LogP contribution in [0.4, 0.5) is 4.79 Å². The maximum absolute atomic E-state index is 13.8. The molecule has 0 unspecified atom stereocenters. The molecule has 0 aliphatic carbocycles. The molecule has 5 rings (SSSR count). The average molecular weight is 494 g/mol. The molecule has 3 aliphatic rings. The monoisotopic (exact) mass is 493 g/mol. The fraction of sp³-hybridized carbons (Fsp3) is 0.519. The lowest BCUT2D eigenvalue weighted by Crippen LogP contribution is -2.54. The van der Waals surface area contributed by atoms with Crippen LogP contribution < -0.4 is 9.47 Å². The lowest BCUT2D eigenvalue weighted by atomic mass is 9.82. The molecule has 1 aromatic heterocycles. The number of fused-ring (bicyclic) bond motifs is 3. The summed E-state index contributed by atoms with van der Waals surface area (Å²) in [5.41, 5.74) is 4.12. The summed E-state index contributed by atoms with van der Waals surface area (Å²) in [6, 6.07) is 3.94. The first-order valence-electron chi connectivity index (χ1n) is 12.6. The topological polar surface area (TPSA) is 80.1 Å². The first kappa shape index (κ1) is 24.2. The number of allylic oxidation sites excluding steroid dienone is 1. The summed E-state index contributed by atoms with van der Waals surface area (Å²) in [6.45, 7) is 8.30. The molecular formula is C27H35N5O4. The molecule has 1 atom stereocenters. The number of amides is 3. The van der Waals surface area contributed by atoms with E-state index >= 15 is 0 Å². The molecule has 9 heteroatoms. The molecule has 3 amide bonds. The van der Waals surface area contributed by atoms with Crippen LogP contribution in [0.2, 0.25) is 0 Å². The van der Waals surface area contributed by atoms with Crippen LogP contribution in [0.15, 0.2) is 30.1 Å². The predicted molar refractivity (Wildman–Crippen MR) is 135 cm³/mol. The molecular weight excluding hydrogens is 458 g/mol. The van der Waals surface area contributed by atoms with Gasteiger partial charge < -0.3 is 19.3 Å². The van der Waals surface area contributed by atoms with Gasteiger partial charge in [0.1, 0.15) is 11.5 Å². The Kier molecular flexibility index (Phi) is 5.97. The van der Waals surface area contributed by atoms with Gasteiger partial charge in [0.05, 0.1) is 37.6 Å². The highest BCUT2D eigenvalue weighted by Crippen LogP contribution is 2.49. The third-order valence-corrected chi connectivity index (χ3v) is 8.03. The Labute approximate surface area is 212 Å². The highest BCUT2D eigenvalue weighted by atomic mass is 16.5. The second-order valence-corrected chi connectivity index (χ2v) is 9.98. The third-order valence-electron chi connectivity index (χ3n) is 8.03. The Balaban J connectivity index is 1.49. The molecule has 9 nitrogen and oxygen atoms in total. The maximum Gasteiger partial charge on any atom is 0.325 e. The number of carbonyl (C=O) groups is 2. The first-order chi connectivity index (χ1) is 17.2.